The quantitative estimate of drug-likeness (QED) is 0.721. The molecule has 0 fully saturated rings. The first-order chi connectivity index (χ1) is 7.27. The lowest BCUT2D eigenvalue weighted by molar-refractivity contribution is 0.415. The highest BCUT2D eigenvalue weighted by atomic mass is 16.5. The molecule has 0 saturated carbocycles. The smallest absolute Gasteiger partial charge is 0.120 e. The first kappa shape index (κ1) is 11.9. The highest BCUT2D eigenvalue weighted by Gasteiger charge is 2.00. The van der Waals surface area contributed by atoms with Crippen molar-refractivity contribution in [3.63, 3.8) is 0 Å². The molecule has 1 aromatic carbocycles. The molecular formula is C12H20N2O. The summed E-state index contributed by atoms with van der Waals surface area (Å²) in [6.07, 6.45) is 0. The predicted molar refractivity (Wildman–Crippen MR) is 64.8 cm³/mol. The van der Waals surface area contributed by atoms with Crippen molar-refractivity contribution in [3.05, 3.63) is 24.3 Å². The molecule has 0 aromatic heterocycles. The molecule has 0 aliphatic heterocycles. The summed E-state index contributed by atoms with van der Waals surface area (Å²) >= 11 is 0. The van der Waals surface area contributed by atoms with Crippen LogP contribution in [0.1, 0.15) is 6.92 Å². The molecule has 0 bridgehead atoms. The van der Waals surface area contributed by atoms with Crippen molar-refractivity contribution < 1.29 is 4.74 Å². The number of rotatable bonds is 6. The molecule has 0 aliphatic carbocycles. The third kappa shape index (κ3) is 3.80. The van der Waals surface area contributed by atoms with Crippen molar-refractivity contribution in [3.8, 4) is 5.75 Å². The van der Waals surface area contributed by atoms with Gasteiger partial charge < -0.3 is 15.0 Å². The Morgan fingerprint density at radius 2 is 2.20 bits per heavy atom. The molecule has 3 nitrogen and oxygen atoms in total. The maximum Gasteiger partial charge on any atom is 0.120 e. The van der Waals surface area contributed by atoms with Gasteiger partial charge >= 0.3 is 0 Å². The molecule has 1 aromatic rings. The number of anilines is 1. The minimum atomic E-state index is 0.905. The van der Waals surface area contributed by atoms with Crippen LogP contribution in [-0.4, -0.2) is 33.8 Å². The molecule has 0 unspecified atom stereocenters. The van der Waals surface area contributed by atoms with E-state index in [1.165, 1.54) is 5.69 Å². The molecule has 0 saturated heterocycles. The summed E-state index contributed by atoms with van der Waals surface area (Å²) in [7, 11) is 3.78. The topological polar surface area (TPSA) is 24.5 Å². The number of benzene rings is 1. The van der Waals surface area contributed by atoms with Crippen LogP contribution in [0.5, 0.6) is 5.75 Å². The van der Waals surface area contributed by atoms with Crippen LogP contribution >= 0.6 is 0 Å². The van der Waals surface area contributed by atoms with E-state index in [0.29, 0.717) is 0 Å². The number of nitrogens with zero attached hydrogens (tertiary/aromatic N) is 1. The first-order valence-corrected chi connectivity index (χ1v) is 5.34. The van der Waals surface area contributed by atoms with E-state index in [0.717, 1.165) is 25.4 Å². The van der Waals surface area contributed by atoms with Crippen LogP contribution in [-0.2, 0) is 0 Å². The molecule has 3 heteroatoms. The van der Waals surface area contributed by atoms with Crippen LogP contribution in [0.3, 0.4) is 0 Å². The molecule has 0 atom stereocenters. The van der Waals surface area contributed by atoms with Crippen molar-refractivity contribution in [1.29, 1.82) is 0 Å². The zero-order chi connectivity index (χ0) is 11.1. The zero-order valence-corrected chi connectivity index (χ0v) is 9.79. The minimum Gasteiger partial charge on any atom is -0.497 e. The van der Waals surface area contributed by atoms with Gasteiger partial charge in [-0.2, -0.15) is 0 Å². The SMILES string of the molecule is CCNCCN(C)c1cccc(OC)c1. The second-order valence-corrected chi connectivity index (χ2v) is 3.48. The Morgan fingerprint density at radius 1 is 1.40 bits per heavy atom. The Balaban J connectivity index is 2.52. The van der Waals surface area contributed by atoms with E-state index < -0.39 is 0 Å². The number of methoxy groups -OCH3 is 1. The molecule has 1 rings (SSSR count). The summed E-state index contributed by atoms with van der Waals surface area (Å²) < 4.78 is 5.19. The highest BCUT2D eigenvalue weighted by Crippen LogP contribution is 2.19. The van der Waals surface area contributed by atoms with Crippen molar-refractivity contribution in [2.24, 2.45) is 0 Å². The van der Waals surface area contributed by atoms with E-state index in [4.69, 9.17) is 4.74 Å². The lowest BCUT2D eigenvalue weighted by Crippen LogP contribution is -2.28. The van der Waals surface area contributed by atoms with Crippen LogP contribution in [0.15, 0.2) is 24.3 Å². The lowest BCUT2D eigenvalue weighted by atomic mass is 10.3. The normalized spacial score (nSPS) is 10.1. The summed E-state index contributed by atoms with van der Waals surface area (Å²) in [4.78, 5) is 2.21. The van der Waals surface area contributed by atoms with Crippen molar-refractivity contribution >= 4 is 5.69 Å². The van der Waals surface area contributed by atoms with E-state index in [2.05, 4.69) is 30.3 Å². The van der Waals surface area contributed by atoms with Gasteiger partial charge in [0.25, 0.3) is 0 Å². The average molecular weight is 208 g/mol. The second kappa shape index (κ2) is 6.30. The van der Waals surface area contributed by atoms with Crippen LogP contribution in [0.2, 0.25) is 0 Å². The summed E-state index contributed by atoms with van der Waals surface area (Å²) in [5.41, 5.74) is 1.19. The number of hydrogen-bond acceptors (Lipinski definition) is 3. The Hall–Kier alpha value is -1.22. The number of nitrogens with one attached hydrogen (secondary N) is 1. The van der Waals surface area contributed by atoms with Crippen LogP contribution in [0, 0.1) is 0 Å². The molecule has 0 radical (unpaired) electrons. The predicted octanol–water partition coefficient (Wildman–Crippen LogP) is 1.74. The summed E-state index contributed by atoms with van der Waals surface area (Å²) in [6, 6.07) is 8.11. The van der Waals surface area contributed by atoms with E-state index in [1.54, 1.807) is 7.11 Å². The van der Waals surface area contributed by atoms with Gasteiger partial charge in [0, 0.05) is 31.9 Å². The van der Waals surface area contributed by atoms with E-state index in [1.807, 2.05) is 18.2 Å². The van der Waals surface area contributed by atoms with Crippen LogP contribution in [0.4, 0.5) is 5.69 Å². The monoisotopic (exact) mass is 208 g/mol. The molecule has 0 spiro atoms. The lowest BCUT2D eigenvalue weighted by Gasteiger charge is -2.19. The highest BCUT2D eigenvalue weighted by molar-refractivity contribution is 5.50. The van der Waals surface area contributed by atoms with Gasteiger partial charge in [-0.3, -0.25) is 0 Å². The van der Waals surface area contributed by atoms with Gasteiger partial charge in [0.05, 0.1) is 7.11 Å². The van der Waals surface area contributed by atoms with Crippen LogP contribution < -0.4 is 15.0 Å². The Bertz CT molecular complexity index is 289. The maximum absolute atomic E-state index is 5.19. The van der Waals surface area contributed by atoms with Gasteiger partial charge in [-0.1, -0.05) is 13.0 Å². The summed E-state index contributed by atoms with van der Waals surface area (Å²) in [6.45, 7) is 5.14. The van der Waals surface area contributed by atoms with Gasteiger partial charge in [-0.25, -0.2) is 0 Å². The summed E-state index contributed by atoms with van der Waals surface area (Å²) in [5.74, 6) is 0.905. The minimum absolute atomic E-state index is 0.905. The van der Waals surface area contributed by atoms with E-state index >= 15 is 0 Å². The molecule has 0 heterocycles. The van der Waals surface area contributed by atoms with Gasteiger partial charge in [-0.15, -0.1) is 0 Å². The number of hydrogen-bond donors (Lipinski definition) is 1. The Morgan fingerprint density at radius 3 is 2.87 bits per heavy atom. The molecule has 1 N–H and O–H groups in total. The van der Waals surface area contributed by atoms with Crippen molar-refractivity contribution in [1.82, 2.24) is 5.32 Å². The summed E-state index contributed by atoms with van der Waals surface area (Å²) in [5, 5.41) is 3.30. The number of likely N-dealkylation sites (N-methyl/N-ethyl adjacent to an activating group) is 2. The van der Waals surface area contributed by atoms with E-state index in [9.17, 15) is 0 Å². The Labute approximate surface area is 92.0 Å². The third-order valence-corrected chi connectivity index (χ3v) is 2.37. The molecule has 84 valence electrons. The fourth-order valence-corrected chi connectivity index (χ4v) is 1.40. The molecule has 0 amide bonds. The van der Waals surface area contributed by atoms with Crippen LogP contribution in [0.25, 0.3) is 0 Å². The van der Waals surface area contributed by atoms with Gasteiger partial charge in [0.1, 0.15) is 5.75 Å². The largest absolute Gasteiger partial charge is 0.497 e. The van der Waals surface area contributed by atoms with Crippen molar-refractivity contribution in [2.45, 2.75) is 6.92 Å². The Kier molecular flexibility index (Phi) is 4.98. The maximum atomic E-state index is 5.19. The molecule has 15 heavy (non-hydrogen) atoms. The fraction of sp³-hybridized carbons (Fsp3) is 0.500. The van der Waals surface area contributed by atoms with E-state index in [-0.39, 0.29) is 0 Å². The third-order valence-electron chi connectivity index (χ3n) is 2.37. The molecule has 0 aliphatic rings. The number of ether oxygens (including phenoxy) is 1. The standard InChI is InChI=1S/C12H20N2O/c1-4-13-8-9-14(2)11-6-5-7-12(10-11)15-3/h5-7,10,13H,4,8-9H2,1-3H3. The zero-order valence-electron chi connectivity index (χ0n) is 9.79. The van der Waals surface area contributed by atoms with Crippen molar-refractivity contribution in [2.75, 3.05) is 38.7 Å². The van der Waals surface area contributed by atoms with Gasteiger partial charge in [0.15, 0.2) is 0 Å². The van der Waals surface area contributed by atoms with Gasteiger partial charge in [0.2, 0.25) is 0 Å². The molecular weight excluding hydrogens is 188 g/mol. The first-order valence-electron chi connectivity index (χ1n) is 5.34. The van der Waals surface area contributed by atoms with Gasteiger partial charge in [-0.05, 0) is 18.7 Å². The second-order valence-electron chi connectivity index (χ2n) is 3.48. The fourth-order valence-electron chi connectivity index (χ4n) is 1.40. The average Bonchev–Trinajstić information content (AvgIpc) is 2.29.